The van der Waals surface area contributed by atoms with Crippen LogP contribution in [0.4, 0.5) is 5.69 Å². The van der Waals surface area contributed by atoms with Gasteiger partial charge in [0.2, 0.25) is 0 Å². The van der Waals surface area contributed by atoms with E-state index in [0.717, 1.165) is 44.9 Å². The smallest absolute Gasteiger partial charge is 0.119 e. The molecule has 4 rings (SSSR count). The van der Waals surface area contributed by atoms with Crippen molar-refractivity contribution in [2.45, 2.75) is 45.7 Å². The van der Waals surface area contributed by atoms with E-state index in [2.05, 4.69) is 69.1 Å². The number of H-pyrrole nitrogens is 1. The molecule has 2 saturated heterocycles. The van der Waals surface area contributed by atoms with Crippen molar-refractivity contribution in [2.75, 3.05) is 51.3 Å². The Morgan fingerprint density at radius 1 is 1.10 bits per heavy atom. The SMILES string of the molecule is COc1ccc(N2CCN(C3CCCN(Cc4cc(CC(C)C)n[nH]4)C3)CC2)cc1. The Labute approximate surface area is 181 Å². The Kier molecular flexibility index (Phi) is 6.95. The first kappa shape index (κ1) is 21.2. The molecular weight excluding hydrogens is 374 g/mol. The molecule has 164 valence electrons. The van der Waals surface area contributed by atoms with Crippen molar-refractivity contribution in [3.05, 3.63) is 41.7 Å². The number of nitrogens with one attached hydrogen (secondary N) is 1. The predicted molar refractivity (Wildman–Crippen MR) is 122 cm³/mol. The van der Waals surface area contributed by atoms with Crippen LogP contribution in [0.3, 0.4) is 0 Å². The lowest BCUT2D eigenvalue weighted by Crippen LogP contribution is -2.55. The minimum Gasteiger partial charge on any atom is -0.497 e. The second-order valence-electron chi connectivity index (χ2n) is 9.23. The quantitative estimate of drug-likeness (QED) is 0.757. The molecule has 0 radical (unpaired) electrons. The number of ether oxygens (including phenoxy) is 1. The molecule has 6 nitrogen and oxygen atoms in total. The maximum Gasteiger partial charge on any atom is 0.119 e. The first-order valence-corrected chi connectivity index (χ1v) is 11.5. The maximum absolute atomic E-state index is 5.29. The summed E-state index contributed by atoms with van der Waals surface area (Å²) in [7, 11) is 1.72. The Balaban J connectivity index is 1.27. The molecule has 1 aromatic carbocycles. The van der Waals surface area contributed by atoms with Crippen molar-refractivity contribution in [1.82, 2.24) is 20.0 Å². The van der Waals surface area contributed by atoms with Gasteiger partial charge in [-0.05, 0) is 62.1 Å². The second-order valence-corrected chi connectivity index (χ2v) is 9.23. The number of aromatic amines is 1. The van der Waals surface area contributed by atoms with Crippen molar-refractivity contribution < 1.29 is 4.74 Å². The lowest BCUT2D eigenvalue weighted by molar-refractivity contribution is 0.0881. The van der Waals surface area contributed by atoms with Gasteiger partial charge in [-0.25, -0.2) is 0 Å². The number of benzene rings is 1. The first-order chi connectivity index (χ1) is 14.6. The summed E-state index contributed by atoms with van der Waals surface area (Å²) in [4.78, 5) is 7.82. The van der Waals surface area contributed by atoms with Gasteiger partial charge in [-0.3, -0.25) is 14.9 Å². The monoisotopic (exact) mass is 411 g/mol. The van der Waals surface area contributed by atoms with Crippen LogP contribution in [0.1, 0.15) is 38.1 Å². The summed E-state index contributed by atoms with van der Waals surface area (Å²) in [5.41, 5.74) is 3.76. The fourth-order valence-corrected chi connectivity index (χ4v) is 4.87. The number of likely N-dealkylation sites (tertiary alicyclic amines) is 1. The average Bonchev–Trinajstić information content (AvgIpc) is 3.20. The van der Waals surface area contributed by atoms with Crippen LogP contribution in [0, 0.1) is 5.92 Å². The lowest BCUT2D eigenvalue weighted by atomic mass is 10.0. The summed E-state index contributed by atoms with van der Waals surface area (Å²) in [6.07, 6.45) is 3.66. The predicted octanol–water partition coefficient (Wildman–Crippen LogP) is 3.40. The zero-order valence-corrected chi connectivity index (χ0v) is 18.8. The number of hydrogen-bond acceptors (Lipinski definition) is 5. The first-order valence-electron chi connectivity index (χ1n) is 11.5. The highest BCUT2D eigenvalue weighted by molar-refractivity contribution is 5.49. The number of methoxy groups -OCH3 is 1. The molecule has 30 heavy (non-hydrogen) atoms. The molecule has 3 heterocycles. The second kappa shape index (κ2) is 9.84. The normalized spacial score (nSPS) is 21.3. The highest BCUT2D eigenvalue weighted by Crippen LogP contribution is 2.23. The van der Waals surface area contributed by atoms with Crippen LogP contribution < -0.4 is 9.64 Å². The van der Waals surface area contributed by atoms with Gasteiger partial charge in [-0.1, -0.05) is 13.8 Å². The van der Waals surface area contributed by atoms with E-state index in [-0.39, 0.29) is 0 Å². The number of nitrogens with zero attached hydrogens (tertiary/aromatic N) is 4. The van der Waals surface area contributed by atoms with Gasteiger partial charge in [0.25, 0.3) is 0 Å². The molecule has 1 unspecified atom stereocenters. The van der Waals surface area contributed by atoms with Crippen molar-refractivity contribution in [1.29, 1.82) is 0 Å². The van der Waals surface area contributed by atoms with Gasteiger partial charge < -0.3 is 9.64 Å². The summed E-state index contributed by atoms with van der Waals surface area (Å²) in [6, 6.07) is 11.4. The van der Waals surface area contributed by atoms with Gasteiger partial charge in [-0.2, -0.15) is 5.10 Å². The number of piperidine rings is 1. The average molecular weight is 412 g/mol. The third kappa shape index (κ3) is 5.35. The minimum atomic E-state index is 0.650. The molecule has 2 aliphatic rings. The van der Waals surface area contributed by atoms with E-state index in [1.54, 1.807) is 7.11 Å². The van der Waals surface area contributed by atoms with E-state index in [1.807, 2.05) is 0 Å². The summed E-state index contributed by atoms with van der Waals surface area (Å²) in [5, 5.41) is 7.77. The number of aromatic nitrogens is 2. The van der Waals surface area contributed by atoms with Gasteiger partial charge in [0.05, 0.1) is 12.8 Å². The standard InChI is InChI=1S/C24H37N5O/c1-19(2)15-20-16-21(26-25-20)17-27-10-4-5-23(18-27)29-13-11-28(12-14-29)22-6-8-24(30-3)9-7-22/h6-9,16,19,23H,4-5,10-15,17-18H2,1-3H3,(H,25,26). The van der Waals surface area contributed by atoms with Crippen LogP contribution in [0.5, 0.6) is 5.75 Å². The van der Waals surface area contributed by atoms with Crippen LogP contribution >= 0.6 is 0 Å². The molecule has 1 N–H and O–H groups in total. The Hall–Kier alpha value is -2.05. The van der Waals surface area contributed by atoms with Crippen molar-refractivity contribution in [3.8, 4) is 5.75 Å². The minimum absolute atomic E-state index is 0.650. The molecule has 2 fully saturated rings. The third-order valence-corrected chi connectivity index (χ3v) is 6.44. The van der Waals surface area contributed by atoms with Crippen LogP contribution in [0.15, 0.2) is 30.3 Å². The van der Waals surface area contributed by atoms with Crippen LogP contribution in [-0.4, -0.2) is 72.4 Å². The van der Waals surface area contributed by atoms with E-state index >= 15 is 0 Å². The molecule has 2 aliphatic heterocycles. The van der Waals surface area contributed by atoms with Gasteiger partial charge >= 0.3 is 0 Å². The molecule has 0 amide bonds. The molecule has 0 saturated carbocycles. The lowest BCUT2D eigenvalue weighted by Gasteiger charge is -2.44. The number of rotatable bonds is 7. The molecular formula is C24H37N5O. The highest BCUT2D eigenvalue weighted by Gasteiger charge is 2.28. The number of hydrogen-bond donors (Lipinski definition) is 1. The summed E-state index contributed by atoms with van der Waals surface area (Å²) in [6.45, 7) is 12.3. The molecule has 0 bridgehead atoms. The summed E-state index contributed by atoms with van der Waals surface area (Å²) < 4.78 is 5.29. The molecule has 0 aliphatic carbocycles. The van der Waals surface area contributed by atoms with Crippen LogP contribution in [0.25, 0.3) is 0 Å². The van der Waals surface area contributed by atoms with Gasteiger partial charge in [0.15, 0.2) is 0 Å². The van der Waals surface area contributed by atoms with Gasteiger partial charge in [-0.15, -0.1) is 0 Å². The van der Waals surface area contributed by atoms with E-state index in [9.17, 15) is 0 Å². The summed E-state index contributed by atoms with van der Waals surface area (Å²) >= 11 is 0. The third-order valence-electron chi connectivity index (χ3n) is 6.44. The Bertz CT molecular complexity index is 779. The molecule has 6 heteroatoms. The number of anilines is 1. The fourth-order valence-electron chi connectivity index (χ4n) is 4.87. The van der Waals surface area contributed by atoms with Gasteiger partial charge in [0, 0.05) is 56.7 Å². The Morgan fingerprint density at radius 2 is 1.87 bits per heavy atom. The van der Waals surface area contributed by atoms with Gasteiger partial charge in [0.1, 0.15) is 5.75 Å². The fraction of sp³-hybridized carbons (Fsp3) is 0.625. The summed E-state index contributed by atoms with van der Waals surface area (Å²) in [5.74, 6) is 1.57. The molecule has 0 spiro atoms. The zero-order chi connectivity index (χ0) is 20.9. The van der Waals surface area contributed by atoms with E-state index in [1.165, 1.54) is 43.0 Å². The van der Waals surface area contributed by atoms with Crippen LogP contribution in [-0.2, 0) is 13.0 Å². The van der Waals surface area contributed by atoms with Crippen molar-refractivity contribution in [3.63, 3.8) is 0 Å². The topological polar surface area (TPSA) is 47.6 Å². The largest absolute Gasteiger partial charge is 0.497 e. The molecule has 1 aromatic heterocycles. The molecule has 1 atom stereocenters. The Morgan fingerprint density at radius 3 is 2.57 bits per heavy atom. The number of piperazine rings is 1. The van der Waals surface area contributed by atoms with E-state index in [0.29, 0.717) is 12.0 Å². The van der Waals surface area contributed by atoms with Crippen LogP contribution in [0.2, 0.25) is 0 Å². The molecule has 2 aromatic rings. The van der Waals surface area contributed by atoms with E-state index in [4.69, 9.17) is 4.74 Å². The van der Waals surface area contributed by atoms with Crippen molar-refractivity contribution in [2.24, 2.45) is 5.92 Å². The zero-order valence-electron chi connectivity index (χ0n) is 18.8. The van der Waals surface area contributed by atoms with Crippen molar-refractivity contribution >= 4 is 5.69 Å². The van der Waals surface area contributed by atoms with E-state index < -0.39 is 0 Å². The maximum atomic E-state index is 5.29. The highest BCUT2D eigenvalue weighted by atomic mass is 16.5.